The van der Waals surface area contributed by atoms with Crippen molar-refractivity contribution in [3.05, 3.63) is 21.7 Å². The molecular weight excluding hydrogens is 356 g/mol. The van der Waals surface area contributed by atoms with Crippen molar-refractivity contribution in [1.82, 2.24) is 15.2 Å². The second-order valence-electron chi connectivity index (χ2n) is 3.38. The Hall–Kier alpha value is -1.30. The number of hydrogen-bond acceptors (Lipinski definition) is 8. The molecule has 0 unspecified atom stereocenters. The van der Waals surface area contributed by atoms with Gasteiger partial charge in [-0.3, -0.25) is 4.72 Å². The zero-order valence-electron chi connectivity index (χ0n) is 9.58. The maximum atomic E-state index is 12.2. The Balaban J connectivity index is 2.41. The minimum Gasteiger partial charge on any atom is -0.307 e. The van der Waals surface area contributed by atoms with Crippen molar-refractivity contribution >= 4 is 48.2 Å². The molecule has 4 N–H and O–H groups in total. The number of nitrogens with zero attached hydrogens (tertiary/aromatic N) is 3. The van der Waals surface area contributed by atoms with E-state index in [1.165, 1.54) is 12.3 Å². The minimum absolute atomic E-state index is 0.0388. The molecule has 2 aromatic heterocycles. The first-order chi connectivity index (χ1) is 8.92. The standard InChI is InChI=1S/C8H9BrN6O2S2/c1-4-13-14-8(18-4)15-19(16,17)6-2-5(9)3-11-7(6)12-10/h2-3H,10H2,1H3,(H,11,12)(H,14,15). The van der Waals surface area contributed by atoms with Gasteiger partial charge in [-0.2, -0.15) is 0 Å². The molecule has 0 aliphatic carbocycles. The molecule has 0 bridgehead atoms. The molecular formula is C8H9BrN6O2S2. The number of sulfonamides is 1. The second-order valence-corrected chi connectivity index (χ2v) is 7.12. The van der Waals surface area contributed by atoms with Crippen LogP contribution in [0.4, 0.5) is 10.9 Å². The summed E-state index contributed by atoms with van der Waals surface area (Å²) >= 11 is 4.29. The number of nitrogen functional groups attached to an aromatic ring is 1. The van der Waals surface area contributed by atoms with E-state index in [9.17, 15) is 8.42 Å². The van der Waals surface area contributed by atoms with Crippen molar-refractivity contribution < 1.29 is 8.42 Å². The zero-order chi connectivity index (χ0) is 14.0. The molecule has 2 aromatic rings. The smallest absolute Gasteiger partial charge is 0.267 e. The van der Waals surface area contributed by atoms with E-state index in [1.807, 2.05) is 0 Å². The molecule has 0 aliphatic rings. The minimum atomic E-state index is -3.84. The van der Waals surface area contributed by atoms with Gasteiger partial charge in [0.2, 0.25) is 5.13 Å². The predicted molar refractivity (Wildman–Crippen MR) is 75.2 cm³/mol. The van der Waals surface area contributed by atoms with Gasteiger partial charge in [-0.1, -0.05) is 11.3 Å². The van der Waals surface area contributed by atoms with Crippen LogP contribution < -0.4 is 16.0 Å². The van der Waals surface area contributed by atoms with Gasteiger partial charge < -0.3 is 5.43 Å². The highest BCUT2D eigenvalue weighted by Gasteiger charge is 2.21. The van der Waals surface area contributed by atoms with E-state index in [1.54, 1.807) is 6.92 Å². The van der Waals surface area contributed by atoms with Crippen molar-refractivity contribution in [1.29, 1.82) is 0 Å². The maximum absolute atomic E-state index is 12.2. The van der Waals surface area contributed by atoms with Gasteiger partial charge >= 0.3 is 0 Å². The Kier molecular flexibility index (Phi) is 3.99. The average molecular weight is 365 g/mol. The van der Waals surface area contributed by atoms with E-state index in [2.05, 4.69) is 41.3 Å². The van der Waals surface area contributed by atoms with E-state index < -0.39 is 10.0 Å². The van der Waals surface area contributed by atoms with Crippen LogP contribution in [0, 0.1) is 6.92 Å². The Labute approximate surface area is 121 Å². The summed E-state index contributed by atoms with van der Waals surface area (Å²) in [5.74, 6) is 5.29. The molecule has 0 spiro atoms. The lowest BCUT2D eigenvalue weighted by atomic mass is 10.5. The molecule has 0 fully saturated rings. The molecule has 0 atom stereocenters. The molecule has 0 aliphatic heterocycles. The zero-order valence-corrected chi connectivity index (χ0v) is 12.8. The first kappa shape index (κ1) is 14.1. The molecule has 0 saturated heterocycles. The topological polar surface area (TPSA) is 123 Å². The molecule has 0 saturated carbocycles. The third-order valence-corrected chi connectivity index (χ3v) is 4.66. The fraction of sp³-hybridized carbons (Fsp3) is 0.125. The number of anilines is 2. The van der Waals surface area contributed by atoms with Crippen molar-refractivity contribution in [2.24, 2.45) is 5.84 Å². The van der Waals surface area contributed by atoms with Crippen LogP contribution in [0.2, 0.25) is 0 Å². The van der Waals surface area contributed by atoms with Crippen LogP contribution >= 0.6 is 27.3 Å². The van der Waals surface area contributed by atoms with Crippen LogP contribution in [-0.2, 0) is 10.0 Å². The molecule has 8 nitrogen and oxygen atoms in total. The molecule has 11 heteroatoms. The Morgan fingerprint density at radius 1 is 1.42 bits per heavy atom. The predicted octanol–water partition coefficient (Wildman–Crippen LogP) is 1.09. The quantitative estimate of drug-likeness (QED) is 0.547. The van der Waals surface area contributed by atoms with Crippen LogP contribution in [0.15, 0.2) is 21.6 Å². The fourth-order valence-corrected chi connectivity index (χ4v) is 3.69. The van der Waals surface area contributed by atoms with Crippen molar-refractivity contribution in [2.45, 2.75) is 11.8 Å². The number of aryl methyl sites for hydroxylation is 1. The third-order valence-electron chi connectivity index (χ3n) is 1.99. The van der Waals surface area contributed by atoms with E-state index in [0.717, 1.165) is 11.3 Å². The van der Waals surface area contributed by atoms with Crippen LogP contribution in [-0.4, -0.2) is 23.6 Å². The molecule has 0 radical (unpaired) electrons. The molecule has 0 amide bonds. The number of nitrogens with two attached hydrogens (primary N) is 1. The van der Waals surface area contributed by atoms with Gasteiger partial charge in [-0.25, -0.2) is 19.2 Å². The lowest BCUT2D eigenvalue weighted by molar-refractivity contribution is 0.601. The number of rotatable bonds is 4. The van der Waals surface area contributed by atoms with E-state index >= 15 is 0 Å². The number of pyridine rings is 1. The first-order valence-electron chi connectivity index (χ1n) is 4.87. The summed E-state index contributed by atoms with van der Waals surface area (Å²) in [5, 5.41) is 8.27. The lowest BCUT2D eigenvalue weighted by Gasteiger charge is -2.09. The molecule has 2 rings (SSSR count). The van der Waals surface area contributed by atoms with Gasteiger partial charge in [0.25, 0.3) is 10.0 Å². The molecule has 2 heterocycles. The summed E-state index contributed by atoms with van der Waals surface area (Å²) in [6.07, 6.45) is 1.43. The highest BCUT2D eigenvalue weighted by molar-refractivity contribution is 9.10. The summed E-state index contributed by atoms with van der Waals surface area (Å²) < 4.78 is 27.3. The summed E-state index contributed by atoms with van der Waals surface area (Å²) in [6.45, 7) is 1.73. The number of hydrazine groups is 1. The highest BCUT2D eigenvalue weighted by atomic mass is 79.9. The SMILES string of the molecule is Cc1nnc(NS(=O)(=O)c2cc(Br)cnc2NN)s1. The van der Waals surface area contributed by atoms with E-state index in [-0.39, 0.29) is 15.8 Å². The number of aromatic nitrogens is 3. The first-order valence-corrected chi connectivity index (χ1v) is 7.97. The van der Waals surface area contributed by atoms with Crippen molar-refractivity contribution in [3.8, 4) is 0 Å². The van der Waals surface area contributed by atoms with Gasteiger partial charge in [-0.15, -0.1) is 10.2 Å². The maximum Gasteiger partial charge on any atom is 0.267 e. The number of halogens is 1. The third kappa shape index (κ3) is 3.18. The Bertz CT molecular complexity index is 701. The Morgan fingerprint density at radius 2 is 2.16 bits per heavy atom. The van der Waals surface area contributed by atoms with Crippen molar-refractivity contribution in [3.63, 3.8) is 0 Å². The highest BCUT2D eigenvalue weighted by Crippen LogP contribution is 2.25. The summed E-state index contributed by atoms with van der Waals surface area (Å²) in [4.78, 5) is 3.79. The number of hydrogen-bond donors (Lipinski definition) is 3. The Morgan fingerprint density at radius 3 is 2.74 bits per heavy atom. The average Bonchev–Trinajstić information content (AvgIpc) is 2.74. The monoisotopic (exact) mass is 364 g/mol. The number of nitrogens with one attached hydrogen (secondary N) is 2. The largest absolute Gasteiger partial charge is 0.307 e. The second kappa shape index (κ2) is 5.36. The molecule has 0 aromatic carbocycles. The summed E-state index contributed by atoms with van der Waals surface area (Å²) in [6, 6.07) is 1.39. The van der Waals surface area contributed by atoms with Crippen LogP contribution in [0.5, 0.6) is 0 Å². The normalized spacial score (nSPS) is 11.3. The van der Waals surface area contributed by atoms with E-state index in [0.29, 0.717) is 9.48 Å². The van der Waals surface area contributed by atoms with Crippen LogP contribution in [0.1, 0.15) is 5.01 Å². The van der Waals surface area contributed by atoms with Gasteiger partial charge in [0.05, 0.1) is 0 Å². The van der Waals surface area contributed by atoms with Gasteiger partial charge in [0, 0.05) is 10.7 Å². The summed E-state index contributed by atoms with van der Waals surface area (Å²) in [7, 11) is -3.84. The fourth-order valence-electron chi connectivity index (χ4n) is 1.24. The van der Waals surface area contributed by atoms with Gasteiger partial charge in [0.15, 0.2) is 5.82 Å². The van der Waals surface area contributed by atoms with Crippen LogP contribution in [0.3, 0.4) is 0 Å². The lowest BCUT2D eigenvalue weighted by Crippen LogP contribution is -2.18. The van der Waals surface area contributed by atoms with E-state index in [4.69, 9.17) is 5.84 Å². The van der Waals surface area contributed by atoms with Gasteiger partial charge in [-0.05, 0) is 28.9 Å². The molecule has 19 heavy (non-hydrogen) atoms. The summed E-state index contributed by atoms with van der Waals surface area (Å²) in [5.41, 5.74) is 2.24. The molecule has 102 valence electrons. The van der Waals surface area contributed by atoms with Gasteiger partial charge in [0.1, 0.15) is 9.90 Å². The van der Waals surface area contributed by atoms with Crippen molar-refractivity contribution in [2.75, 3.05) is 10.1 Å². The van der Waals surface area contributed by atoms with Crippen LogP contribution in [0.25, 0.3) is 0 Å².